The summed E-state index contributed by atoms with van der Waals surface area (Å²) >= 11 is 0. The zero-order valence-electron chi connectivity index (χ0n) is 18.0. The van der Waals surface area contributed by atoms with E-state index in [1.807, 2.05) is 56.3 Å². The van der Waals surface area contributed by atoms with Crippen molar-refractivity contribution in [3.63, 3.8) is 0 Å². The summed E-state index contributed by atoms with van der Waals surface area (Å²) in [6.45, 7) is 6.87. The fourth-order valence-electron chi connectivity index (χ4n) is 2.79. The number of amides is 1. The molecule has 0 fully saturated rings. The molecule has 0 spiro atoms. The Kier molecular flexibility index (Phi) is 7.81. The number of carbonyl (C=O) groups is 1. The Balaban J connectivity index is 1.39. The average molecular weight is 421 g/mol. The first-order valence-corrected chi connectivity index (χ1v) is 10.3. The van der Waals surface area contributed by atoms with Crippen molar-refractivity contribution in [1.29, 1.82) is 0 Å². The largest absolute Gasteiger partial charge is 0.494 e. The molecule has 1 atom stereocenters. The van der Waals surface area contributed by atoms with Gasteiger partial charge in [0, 0.05) is 11.6 Å². The lowest BCUT2D eigenvalue weighted by molar-refractivity contribution is -0.127. The molecule has 7 nitrogen and oxygen atoms in total. The highest BCUT2D eigenvalue weighted by molar-refractivity contribution is 5.80. The minimum atomic E-state index is -0.633. The maximum Gasteiger partial charge on any atom is 0.260 e. The summed E-state index contributed by atoms with van der Waals surface area (Å²) in [5.74, 6) is 1.55. The molecule has 0 bridgehead atoms. The van der Waals surface area contributed by atoms with Gasteiger partial charge >= 0.3 is 0 Å². The van der Waals surface area contributed by atoms with Gasteiger partial charge in [0.25, 0.3) is 5.91 Å². The minimum absolute atomic E-state index is 0.224. The van der Waals surface area contributed by atoms with E-state index in [1.165, 1.54) is 5.56 Å². The number of aryl methyl sites for hydroxylation is 1. The number of ether oxygens (including phenoxy) is 3. The number of hydrogen-bond donors (Lipinski definition) is 1. The molecule has 1 N–H and O–H groups in total. The van der Waals surface area contributed by atoms with Crippen LogP contribution in [-0.2, 0) is 4.79 Å². The zero-order valence-corrected chi connectivity index (χ0v) is 18.0. The molecular formula is C24H27N3O4. The Morgan fingerprint density at radius 3 is 2.29 bits per heavy atom. The van der Waals surface area contributed by atoms with Gasteiger partial charge in [0.1, 0.15) is 18.1 Å². The van der Waals surface area contributed by atoms with Crippen LogP contribution in [0.5, 0.6) is 17.4 Å². The van der Waals surface area contributed by atoms with Crippen LogP contribution in [0.3, 0.4) is 0 Å². The van der Waals surface area contributed by atoms with Gasteiger partial charge in [-0.25, -0.2) is 0 Å². The molecule has 0 aliphatic carbocycles. The van der Waals surface area contributed by atoms with Gasteiger partial charge in [-0.1, -0.05) is 29.8 Å². The van der Waals surface area contributed by atoms with Crippen molar-refractivity contribution in [2.45, 2.75) is 26.9 Å². The number of carbonyl (C=O) groups excluding carboxylic acids is 1. The first-order valence-electron chi connectivity index (χ1n) is 10.3. The fourth-order valence-corrected chi connectivity index (χ4v) is 2.79. The molecule has 162 valence electrons. The average Bonchev–Trinajstić information content (AvgIpc) is 2.79. The Hall–Kier alpha value is -3.61. The van der Waals surface area contributed by atoms with Crippen molar-refractivity contribution in [3.05, 3.63) is 66.2 Å². The first-order chi connectivity index (χ1) is 15.0. The maximum atomic E-state index is 12.2. The van der Waals surface area contributed by atoms with Crippen LogP contribution in [0.25, 0.3) is 11.3 Å². The molecule has 1 aromatic heterocycles. The topological polar surface area (TPSA) is 82.6 Å². The van der Waals surface area contributed by atoms with E-state index >= 15 is 0 Å². The van der Waals surface area contributed by atoms with Crippen molar-refractivity contribution in [2.75, 3.05) is 19.8 Å². The number of hydrogen-bond acceptors (Lipinski definition) is 6. The Labute approximate surface area is 182 Å². The van der Waals surface area contributed by atoms with Crippen LogP contribution in [0.2, 0.25) is 0 Å². The van der Waals surface area contributed by atoms with Gasteiger partial charge < -0.3 is 19.5 Å². The second-order valence-electron chi connectivity index (χ2n) is 6.93. The molecule has 2 aromatic carbocycles. The number of nitrogens with one attached hydrogen (secondary N) is 1. The molecule has 7 heteroatoms. The monoisotopic (exact) mass is 421 g/mol. The lowest BCUT2D eigenvalue weighted by atomic mass is 10.1. The summed E-state index contributed by atoms with van der Waals surface area (Å²) in [5, 5.41) is 11.1. The van der Waals surface area contributed by atoms with Crippen LogP contribution in [-0.4, -0.2) is 42.0 Å². The van der Waals surface area contributed by atoms with Crippen LogP contribution in [0, 0.1) is 6.92 Å². The smallest absolute Gasteiger partial charge is 0.260 e. The number of nitrogens with zero attached hydrogens (tertiary/aromatic N) is 2. The van der Waals surface area contributed by atoms with Crippen LogP contribution in [0.4, 0.5) is 0 Å². The molecule has 0 saturated carbocycles. The van der Waals surface area contributed by atoms with E-state index in [2.05, 4.69) is 15.5 Å². The van der Waals surface area contributed by atoms with Crippen molar-refractivity contribution in [1.82, 2.24) is 15.5 Å². The molecule has 31 heavy (non-hydrogen) atoms. The summed E-state index contributed by atoms with van der Waals surface area (Å²) in [5.41, 5.74) is 2.97. The molecule has 1 unspecified atom stereocenters. The van der Waals surface area contributed by atoms with Crippen molar-refractivity contribution < 1.29 is 19.0 Å². The van der Waals surface area contributed by atoms with Crippen LogP contribution in [0.1, 0.15) is 19.4 Å². The lowest BCUT2D eigenvalue weighted by Crippen LogP contribution is -2.38. The second kappa shape index (κ2) is 11.0. The summed E-state index contributed by atoms with van der Waals surface area (Å²) in [6.07, 6.45) is -0.633. The molecule has 0 aliphatic rings. The van der Waals surface area contributed by atoms with Crippen molar-refractivity contribution in [2.24, 2.45) is 0 Å². The van der Waals surface area contributed by atoms with Crippen LogP contribution < -0.4 is 19.5 Å². The van der Waals surface area contributed by atoms with Crippen molar-refractivity contribution in [3.8, 4) is 28.6 Å². The van der Waals surface area contributed by atoms with E-state index in [9.17, 15) is 4.79 Å². The highest BCUT2D eigenvalue weighted by Crippen LogP contribution is 2.19. The summed E-state index contributed by atoms with van der Waals surface area (Å²) in [7, 11) is 0. The number of rotatable bonds is 10. The van der Waals surface area contributed by atoms with Crippen LogP contribution >= 0.6 is 0 Å². The molecule has 0 aliphatic heterocycles. The van der Waals surface area contributed by atoms with E-state index in [0.717, 1.165) is 17.0 Å². The van der Waals surface area contributed by atoms with Gasteiger partial charge in [-0.3, -0.25) is 4.79 Å². The van der Waals surface area contributed by atoms with E-state index in [-0.39, 0.29) is 12.5 Å². The molecule has 3 rings (SSSR count). The third-order valence-corrected chi connectivity index (χ3v) is 4.46. The van der Waals surface area contributed by atoms with E-state index in [0.29, 0.717) is 24.8 Å². The van der Waals surface area contributed by atoms with E-state index < -0.39 is 6.10 Å². The van der Waals surface area contributed by atoms with Gasteiger partial charge in [0.15, 0.2) is 6.10 Å². The molecule has 0 radical (unpaired) electrons. The predicted octanol–water partition coefficient (Wildman–Crippen LogP) is 3.81. The summed E-state index contributed by atoms with van der Waals surface area (Å²) in [4.78, 5) is 12.2. The molecule has 3 aromatic rings. The zero-order chi connectivity index (χ0) is 22.1. The van der Waals surface area contributed by atoms with Gasteiger partial charge in [-0.2, -0.15) is 0 Å². The number of benzene rings is 2. The van der Waals surface area contributed by atoms with E-state index in [4.69, 9.17) is 14.2 Å². The SMILES string of the molecule is CCOc1ccc(OC(C)C(=O)NCCOc2ccc(-c3ccc(C)cc3)nn2)cc1. The highest BCUT2D eigenvalue weighted by atomic mass is 16.5. The predicted molar refractivity (Wildman–Crippen MR) is 118 cm³/mol. The van der Waals surface area contributed by atoms with Crippen LogP contribution in [0.15, 0.2) is 60.7 Å². The normalized spacial score (nSPS) is 11.5. The third kappa shape index (κ3) is 6.70. The lowest BCUT2D eigenvalue weighted by Gasteiger charge is -2.15. The Morgan fingerprint density at radius 2 is 1.65 bits per heavy atom. The molecule has 1 heterocycles. The van der Waals surface area contributed by atoms with E-state index in [1.54, 1.807) is 25.1 Å². The summed E-state index contributed by atoms with van der Waals surface area (Å²) < 4.78 is 16.6. The standard InChI is InChI=1S/C24H27N3O4/c1-4-29-20-9-11-21(12-10-20)31-18(3)24(28)25-15-16-30-23-14-13-22(26-27-23)19-7-5-17(2)6-8-19/h5-14,18H,4,15-16H2,1-3H3,(H,25,28). The first kappa shape index (κ1) is 22.1. The number of aromatic nitrogens is 2. The van der Waals surface area contributed by atoms with Gasteiger partial charge in [0.05, 0.1) is 18.8 Å². The van der Waals surface area contributed by atoms with Gasteiger partial charge in [-0.05, 0) is 51.1 Å². The second-order valence-corrected chi connectivity index (χ2v) is 6.93. The molecule has 1 amide bonds. The Morgan fingerprint density at radius 1 is 0.935 bits per heavy atom. The van der Waals surface area contributed by atoms with Crippen molar-refractivity contribution >= 4 is 5.91 Å². The molecule has 0 saturated heterocycles. The van der Waals surface area contributed by atoms with Gasteiger partial charge in [-0.15, -0.1) is 10.2 Å². The molecular weight excluding hydrogens is 394 g/mol. The maximum absolute atomic E-state index is 12.2. The quantitative estimate of drug-likeness (QED) is 0.501. The summed E-state index contributed by atoms with van der Waals surface area (Å²) in [6, 6.07) is 18.9. The highest BCUT2D eigenvalue weighted by Gasteiger charge is 2.14. The fraction of sp³-hybridized carbons (Fsp3) is 0.292. The Bertz CT molecular complexity index is 958. The third-order valence-electron chi connectivity index (χ3n) is 4.46. The van der Waals surface area contributed by atoms with Gasteiger partial charge in [0.2, 0.25) is 5.88 Å². The minimum Gasteiger partial charge on any atom is -0.494 e.